The molecule has 9 heteroatoms. The number of carbonyl (C=O) groups is 1. The maximum atomic E-state index is 12.5. The van der Waals surface area contributed by atoms with E-state index in [1.54, 1.807) is 0 Å². The van der Waals surface area contributed by atoms with Crippen molar-refractivity contribution in [2.45, 2.75) is 180 Å². The number of phosphoric acid groups is 1. The molecule has 8 nitrogen and oxygen atoms in total. The number of esters is 1. The van der Waals surface area contributed by atoms with Gasteiger partial charge in [-0.25, -0.2) is 4.57 Å². The lowest BCUT2D eigenvalue weighted by Crippen LogP contribution is -2.28. The van der Waals surface area contributed by atoms with Crippen LogP contribution in [-0.2, 0) is 27.9 Å². The van der Waals surface area contributed by atoms with Crippen molar-refractivity contribution in [2.75, 3.05) is 33.0 Å². The van der Waals surface area contributed by atoms with Crippen LogP contribution in [0.15, 0.2) is 0 Å². The Morgan fingerprint density at radius 2 is 1.02 bits per heavy atom. The summed E-state index contributed by atoms with van der Waals surface area (Å²) in [7, 11) is -4.25. The third-order valence-electron chi connectivity index (χ3n) is 7.77. The molecular weight excluding hydrogens is 565 g/mol. The minimum Gasteiger partial charge on any atom is -0.457 e. The Morgan fingerprint density at radius 3 is 1.47 bits per heavy atom. The van der Waals surface area contributed by atoms with E-state index in [1.165, 1.54) is 122 Å². The highest BCUT2D eigenvalue weighted by atomic mass is 31.2. The molecule has 2 atom stereocenters. The Bertz CT molecular complexity index is 638. The number of hydrogen-bond donors (Lipinski definition) is 2. The van der Waals surface area contributed by atoms with Crippen LogP contribution in [0.25, 0.3) is 0 Å². The molecule has 0 bridgehead atoms. The first-order valence-electron chi connectivity index (χ1n) is 18.0. The second-order valence-corrected chi connectivity index (χ2v) is 13.6. The lowest BCUT2D eigenvalue weighted by Gasteiger charge is -2.20. The Kier molecular flexibility index (Phi) is 32.5. The van der Waals surface area contributed by atoms with Crippen molar-refractivity contribution >= 4 is 13.8 Å². The SMILES string of the molecule is CCCCCCCCCCCCCCCCCCC(=O)OC(COCCCCCCCCCC)COP(=O)(O)OCCN. The van der Waals surface area contributed by atoms with Crippen LogP contribution in [-0.4, -0.2) is 49.9 Å². The van der Waals surface area contributed by atoms with Gasteiger partial charge < -0.3 is 20.1 Å². The zero-order valence-electron chi connectivity index (χ0n) is 28.2. The Balaban J connectivity index is 4.01. The molecule has 0 aliphatic heterocycles. The summed E-state index contributed by atoms with van der Waals surface area (Å²) >= 11 is 0. The van der Waals surface area contributed by atoms with Gasteiger partial charge in [-0.1, -0.05) is 155 Å². The minimum atomic E-state index is -4.25. The summed E-state index contributed by atoms with van der Waals surface area (Å²) in [5.41, 5.74) is 5.33. The van der Waals surface area contributed by atoms with E-state index in [0.717, 1.165) is 32.1 Å². The average molecular weight is 636 g/mol. The van der Waals surface area contributed by atoms with Crippen LogP contribution in [0.5, 0.6) is 0 Å². The van der Waals surface area contributed by atoms with Gasteiger partial charge in [-0.15, -0.1) is 0 Å². The van der Waals surface area contributed by atoms with Crippen LogP contribution < -0.4 is 5.73 Å². The molecule has 258 valence electrons. The lowest BCUT2D eigenvalue weighted by molar-refractivity contribution is -0.154. The highest BCUT2D eigenvalue weighted by Crippen LogP contribution is 2.43. The molecule has 0 aliphatic carbocycles. The lowest BCUT2D eigenvalue weighted by atomic mass is 10.0. The Hall–Kier alpha value is -0.500. The summed E-state index contributed by atoms with van der Waals surface area (Å²) in [6.07, 6.45) is 29.7. The van der Waals surface area contributed by atoms with Crippen molar-refractivity contribution in [2.24, 2.45) is 5.73 Å². The molecule has 0 fully saturated rings. The van der Waals surface area contributed by atoms with Gasteiger partial charge in [0.15, 0.2) is 0 Å². The molecule has 0 radical (unpaired) electrons. The second-order valence-electron chi connectivity index (χ2n) is 12.1. The highest BCUT2D eigenvalue weighted by Gasteiger charge is 2.25. The predicted octanol–water partition coefficient (Wildman–Crippen LogP) is 9.80. The first-order valence-corrected chi connectivity index (χ1v) is 19.5. The molecule has 0 rings (SSSR count). The van der Waals surface area contributed by atoms with Crippen LogP contribution in [0, 0.1) is 0 Å². The molecule has 0 aliphatic rings. The molecule has 0 saturated heterocycles. The molecule has 43 heavy (non-hydrogen) atoms. The highest BCUT2D eigenvalue weighted by molar-refractivity contribution is 7.47. The summed E-state index contributed by atoms with van der Waals surface area (Å²) in [6, 6.07) is 0. The Morgan fingerprint density at radius 1 is 0.605 bits per heavy atom. The van der Waals surface area contributed by atoms with E-state index < -0.39 is 13.9 Å². The third-order valence-corrected chi connectivity index (χ3v) is 8.76. The van der Waals surface area contributed by atoms with E-state index in [2.05, 4.69) is 13.8 Å². The van der Waals surface area contributed by atoms with Crippen LogP contribution >= 0.6 is 7.82 Å². The molecule has 2 unspecified atom stereocenters. The van der Waals surface area contributed by atoms with Crippen molar-refractivity contribution in [1.82, 2.24) is 0 Å². The van der Waals surface area contributed by atoms with Crippen molar-refractivity contribution in [3.63, 3.8) is 0 Å². The number of nitrogens with two attached hydrogens (primary N) is 1. The van der Waals surface area contributed by atoms with Crippen molar-refractivity contribution in [1.29, 1.82) is 0 Å². The smallest absolute Gasteiger partial charge is 0.457 e. The fourth-order valence-corrected chi connectivity index (χ4v) is 5.88. The fraction of sp³-hybridized carbons (Fsp3) is 0.971. The summed E-state index contributed by atoms with van der Waals surface area (Å²) in [5, 5.41) is 0. The topological polar surface area (TPSA) is 117 Å². The van der Waals surface area contributed by atoms with E-state index in [0.29, 0.717) is 13.0 Å². The van der Waals surface area contributed by atoms with E-state index in [-0.39, 0.29) is 32.3 Å². The van der Waals surface area contributed by atoms with Gasteiger partial charge in [0.2, 0.25) is 0 Å². The number of ether oxygens (including phenoxy) is 2. The van der Waals surface area contributed by atoms with Gasteiger partial charge in [-0.3, -0.25) is 13.8 Å². The third kappa shape index (κ3) is 32.7. The van der Waals surface area contributed by atoms with Gasteiger partial charge in [0.1, 0.15) is 6.10 Å². The number of rotatable bonds is 35. The van der Waals surface area contributed by atoms with Crippen LogP contribution in [0.2, 0.25) is 0 Å². The molecule has 3 N–H and O–H groups in total. The summed E-state index contributed by atoms with van der Waals surface area (Å²) in [6.45, 7) is 4.92. The normalized spacial score (nSPS) is 13.7. The number of carbonyl (C=O) groups excluding carboxylic acids is 1. The molecule has 0 aromatic rings. The van der Waals surface area contributed by atoms with Crippen molar-refractivity contribution < 1.29 is 32.8 Å². The van der Waals surface area contributed by atoms with Crippen molar-refractivity contribution in [3.05, 3.63) is 0 Å². The predicted molar refractivity (Wildman–Crippen MR) is 178 cm³/mol. The van der Waals surface area contributed by atoms with E-state index >= 15 is 0 Å². The molecule has 0 amide bonds. The maximum absolute atomic E-state index is 12.5. The summed E-state index contributed by atoms with van der Waals surface area (Å²) in [4.78, 5) is 22.3. The van der Waals surface area contributed by atoms with Crippen molar-refractivity contribution in [3.8, 4) is 0 Å². The van der Waals surface area contributed by atoms with Gasteiger partial charge >= 0.3 is 13.8 Å². The summed E-state index contributed by atoms with van der Waals surface area (Å²) < 4.78 is 33.1. The van der Waals surface area contributed by atoms with E-state index in [9.17, 15) is 14.3 Å². The van der Waals surface area contributed by atoms with E-state index in [1.807, 2.05) is 0 Å². The standard InChI is InChI=1S/C34H70NO7P/c1-3-5-7-9-11-13-14-15-16-17-18-19-20-21-23-25-27-34(36)42-33(32-41-43(37,38)40-30-28-35)31-39-29-26-24-22-12-10-8-6-4-2/h33H,3-32,35H2,1-2H3,(H,37,38). The van der Waals surface area contributed by atoms with Gasteiger partial charge in [0, 0.05) is 19.6 Å². The zero-order valence-corrected chi connectivity index (χ0v) is 29.1. The molecule has 0 spiro atoms. The Labute approximate surface area is 265 Å². The average Bonchev–Trinajstić information content (AvgIpc) is 2.99. The quantitative estimate of drug-likeness (QED) is 0.0401. The molecule has 0 saturated carbocycles. The first kappa shape index (κ1) is 42.5. The molecular formula is C34H70NO7P. The molecule has 0 aromatic carbocycles. The zero-order chi connectivity index (χ0) is 31.7. The molecule has 0 heterocycles. The van der Waals surface area contributed by atoms with Gasteiger partial charge in [0.05, 0.1) is 19.8 Å². The first-order chi connectivity index (χ1) is 20.9. The maximum Gasteiger partial charge on any atom is 0.472 e. The van der Waals surface area contributed by atoms with Crippen LogP contribution in [0.4, 0.5) is 0 Å². The van der Waals surface area contributed by atoms with Gasteiger partial charge in [-0.05, 0) is 12.8 Å². The number of hydrogen-bond acceptors (Lipinski definition) is 7. The minimum absolute atomic E-state index is 0.0908. The monoisotopic (exact) mass is 635 g/mol. The van der Waals surface area contributed by atoms with Crippen LogP contribution in [0.1, 0.15) is 174 Å². The largest absolute Gasteiger partial charge is 0.472 e. The molecule has 0 aromatic heterocycles. The fourth-order valence-electron chi connectivity index (χ4n) is 5.11. The van der Waals surface area contributed by atoms with E-state index in [4.69, 9.17) is 24.3 Å². The second kappa shape index (κ2) is 32.9. The van der Waals surface area contributed by atoms with Gasteiger partial charge in [-0.2, -0.15) is 0 Å². The number of phosphoric ester groups is 1. The van der Waals surface area contributed by atoms with Gasteiger partial charge in [0.25, 0.3) is 0 Å². The van der Waals surface area contributed by atoms with Crippen LogP contribution in [0.3, 0.4) is 0 Å². The number of unbranched alkanes of at least 4 members (excludes halogenated alkanes) is 22. The summed E-state index contributed by atoms with van der Waals surface area (Å²) in [5.74, 6) is -0.328.